The van der Waals surface area contributed by atoms with Crippen molar-refractivity contribution < 1.29 is 0 Å². The molecule has 1 aromatic rings. The molecule has 2 N–H and O–H groups in total. The van der Waals surface area contributed by atoms with Crippen molar-refractivity contribution >= 4 is 11.8 Å². The van der Waals surface area contributed by atoms with Gasteiger partial charge < -0.3 is 5.32 Å². The Balaban J connectivity index is 1.89. The van der Waals surface area contributed by atoms with E-state index < -0.39 is 0 Å². The largest absolute Gasteiger partial charge is 0.343 e. The Morgan fingerprint density at radius 3 is 3.06 bits per heavy atom. The minimum atomic E-state index is -0.0985. The molecule has 0 aromatic carbocycles. The first-order chi connectivity index (χ1) is 8.74. The van der Waals surface area contributed by atoms with E-state index in [9.17, 15) is 4.79 Å². The van der Waals surface area contributed by atoms with Gasteiger partial charge in [-0.1, -0.05) is 18.7 Å². The summed E-state index contributed by atoms with van der Waals surface area (Å²) in [5.41, 5.74) is -0.0985. The molecule has 0 spiro atoms. The predicted octanol–water partition coefficient (Wildman–Crippen LogP) is 1.60. The van der Waals surface area contributed by atoms with E-state index in [2.05, 4.69) is 22.4 Å². The van der Waals surface area contributed by atoms with E-state index in [1.54, 1.807) is 16.3 Å². The molecule has 18 heavy (non-hydrogen) atoms. The third-order valence-corrected chi connectivity index (χ3v) is 4.66. The molecule has 0 saturated heterocycles. The maximum Gasteiger partial charge on any atom is 0.343 e. The third-order valence-electron chi connectivity index (χ3n) is 3.38. The van der Waals surface area contributed by atoms with Gasteiger partial charge in [0, 0.05) is 17.8 Å². The summed E-state index contributed by atoms with van der Waals surface area (Å²) in [6.45, 7) is 5.95. The highest BCUT2D eigenvalue weighted by Gasteiger charge is 2.26. The van der Waals surface area contributed by atoms with Crippen molar-refractivity contribution in [1.82, 2.24) is 20.1 Å². The van der Waals surface area contributed by atoms with Crippen molar-refractivity contribution in [2.24, 2.45) is 0 Å². The molecule has 0 bridgehead atoms. The fourth-order valence-corrected chi connectivity index (χ4v) is 3.72. The Hall–Kier alpha value is -0.750. The van der Waals surface area contributed by atoms with Gasteiger partial charge in [0.2, 0.25) is 0 Å². The Morgan fingerprint density at radius 2 is 2.33 bits per heavy atom. The van der Waals surface area contributed by atoms with Crippen LogP contribution in [-0.4, -0.2) is 32.6 Å². The monoisotopic (exact) mass is 270 g/mol. The van der Waals surface area contributed by atoms with Gasteiger partial charge in [0.25, 0.3) is 0 Å². The average Bonchev–Trinajstić information content (AvgIpc) is 2.95. The van der Waals surface area contributed by atoms with Crippen LogP contribution in [0.3, 0.4) is 0 Å². The lowest BCUT2D eigenvalue weighted by molar-refractivity contribution is 0.524. The topological polar surface area (TPSA) is 62.7 Å². The summed E-state index contributed by atoms with van der Waals surface area (Å²) in [5, 5.41) is 11.6. The van der Waals surface area contributed by atoms with Gasteiger partial charge in [0.1, 0.15) is 0 Å². The van der Waals surface area contributed by atoms with E-state index in [0.29, 0.717) is 17.8 Å². The van der Waals surface area contributed by atoms with Gasteiger partial charge in [-0.3, -0.25) is 4.57 Å². The van der Waals surface area contributed by atoms with E-state index in [1.165, 1.54) is 25.7 Å². The Labute approximate surface area is 112 Å². The van der Waals surface area contributed by atoms with Gasteiger partial charge in [0.15, 0.2) is 5.16 Å². The molecule has 2 unspecified atom stereocenters. The second-order valence-electron chi connectivity index (χ2n) is 4.76. The molecule has 1 aliphatic carbocycles. The molecule has 2 rings (SSSR count). The lowest BCUT2D eigenvalue weighted by atomic mass is 10.2. The van der Waals surface area contributed by atoms with Crippen molar-refractivity contribution in [3.63, 3.8) is 0 Å². The zero-order chi connectivity index (χ0) is 13.0. The van der Waals surface area contributed by atoms with Gasteiger partial charge in [-0.25, -0.2) is 9.89 Å². The number of aromatic amines is 1. The Kier molecular flexibility index (Phi) is 4.88. The number of aromatic nitrogens is 3. The average molecular weight is 270 g/mol. The maximum absolute atomic E-state index is 11.5. The zero-order valence-electron chi connectivity index (χ0n) is 11.1. The number of nitrogens with zero attached hydrogens (tertiary/aromatic N) is 2. The highest BCUT2D eigenvalue weighted by molar-refractivity contribution is 7.99. The smallest absolute Gasteiger partial charge is 0.314 e. The lowest BCUT2D eigenvalue weighted by Gasteiger charge is -2.12. The van der Waals surface area contributed by atoms with Gasteiger partial charge in [-0.2, -0.15) is 0 Å². The summed E-state index contributed by atoms with van der Waals surface area (Å²) in [6, 6.07) is 0.642. The summed E-state index contributed by atoms with van der Waals surface area (Å²) in [5.74, 6) is 0. The van der Waals surface area contributed by atoms with Crippen LogP contribution in [0.15, 0.2) is 9.95 Å². The number of hydrogen-bond acceptors (Lipinski definition) is 4. The van der Waals surface area contributed by atoms with E-state index in [4.69, 9.17) is 0 Å². The second kappa shape index (κ2) is 6.43. The summed E-state index contributed by atoms with van der Waals surface area (Å²) in [7, 11) is 0. The molecule has 1 aliphatic rings. The molecule has 102 valence electrons. The number of thioether (sulfide) groups is 1. The normalized spacial score (nSPS) is 23.7. The van der Waals surface area contributed by atoms with Crippen molar-refractivity contribution in [2.75, 3.05) is 6.54 Å². The van der Waals surface area contributed by atoms with Crippen LogP contribution in [-0.2, 0) is 6.54 Å². The van der Waals surface area contributed by atoms with E-state index >= 15 is 0 Å². The minimum absolute atomic E-state index is 0.0985. The first-order valence-corrected chi connectivity index (χ1v) is 7.67. The van der Waals surface area contributed by atoms with Gasteiger partial charge >= 0.3 is 5.69 Å². The van der Waals surface area contributed by atoms with Gasteiger partial charge in [-0.05, 0) is 39.2 Å². The number of rotatable bonds is 6. The van der Waals surface area contributed by atoms with Crippen molar-refractivity contribution in [3.8, 4) is 0 Å². The van der Waals surface area contributed by atoms with Crippen molar-refractivity contribution in [2.45, 2.75) is 62.5 Å². The molecule has 2 atom stereocenters. The minimum Gasteiger partial charge on any atom is -0.314 e. The quantitative estimate of drug-likeness (QED) is 0.824. The van der Waals surface area contributed by atoms with Crippen LogP contribution in [0.5, 0.6) is 0 Å². The molecule has 0 radical (unpaired) electrons. The molecular formula is C12H22N4OS. The van der Waals surface area contributed by atoms with Crippen LogP contribution < -0.4 is 11.0 Å². The maximum atomic E-state index is 11.5. The lowest BCUT2D eigenvalue weighted by Crippen LogP contribution is -2.27. The molecule has 6 heteroatoms. The fourth-order valence-electron chi connectivity index (χ4n) is 2.40. The molecule has 0 amide bonds. The number of nitrogens with one attached hydrogen (secondary N) is 2. The molecule has 1 heterocycles. The highest BCUT2D eigenvalue weighted by Crippen LogP contribution is 2.33. The Morgan fingerprint density at radius 1 is 1.50 bits per heavy atom. The summed E-state index contributed by atoms with van der Waals surface area (Å²) < 4.78 is 1.71. The molecule has 1 fully saturated rings. The third kappa shape index (κ3) is 3.17. The molecule has 1 aromatic heterocycles. The van der Waals surface area contributed by atoms with Gasteiger partial charge in [0.05, 0.1) is 0 Å². The number of H-pyrrole nitrogens is 1. The molecule has 0 aliphatic heterocycles. The highest BCUT2D eigenvalue weighted by atomic mass is 32.2. The predicted molar refractivity (Wildman–Crippen MR) is 74.1 cm³/mol. The van der Waals surface area contributed by atoms with E-state index in [-0.39, 0.29) is 5.69 Å². The fraction of sp³-hybridized carbons (Fsp3) is 0.833. The molecular weight excluding hydrogens is 248 g/mol. The van der Waals surface area contributed by atoms with Crippen LogP contribution in [0.2, 0.25) is 0 Å². The van der Waals surface area contributed by atoms with Crippen LogP contribution >= 0.6 is 11.8 Å². The molecule has 1 saturated carbocycles. The Bertz CT molecular complexity index is 428. The van der Waals surface area contributed by atoms with E-state index in [0.717, 1.165) is 11.7 Å². The SMILES string of the molecule is CCCNC1CCC(Sc2n[nH]c(=O)n2CC)C1. The second-order valence-corrected chi connectivity index (χ2v) is 6.03. The first kappa shape index (κ1) is 13.7. The molecule has 5 nitrogen and oxygen atoms in total. The first-order valence-electron chi connectivity index (χ1n) is 6.79. The summed E-state index contributed by atoms with van der Waals surface area (Å²) >= 11 is 1.74. The van der Waals surface area contributed by atoms with Crippen molar-refractivity contribution in [1.29, 1.82) is 0 Å². The van der Waals surface area contributed by atoms with Crippen LogP contribution in [0.1, 0.15) is 39.5 Å². The van der Waals surface area contributed by atoms with Crippen LogP contribution in [0, 0.1) is 0 Å². The standard InChI is InChI=1S/C12H22N4OS/c1-3-7-13-9-5-6-10(8-9)18-12-15-14-11(17)16(12)4-2/h9-10,13H,3-8H2,1-2H3,(H,14,17). The van der Waals surface area contributed by atoms with Gasteiger partial charge in [-0.15, -0.1) is 5.10 Å². The van der Waals surface area contributed by atoms with Crippen LogP contribution in [0.4, 0.5) is 0 Å². The summed E-state index contributed by atoms with van der Waals surface area (Å²) in [6.07, 6.45) is 4.80. The van der Waals surface area contributed by atoms with Crippen molar-refractivity contribution in [3.05, 3.63) is 10.5 Å². The van der Waals surface area contributed by atoms with E-state index in [1.807, 2.05) is 6.92 Å². The van der Waals surface area contributed by atoms with Crippen LogP contribution in [0.25, 0.3) is 0 Å². The number of hydrogen-bond donors (Lipinski definition) is 2. The zero-order valence-corrected chi connectivity index (χ0v) is 11.9. The summed E-state index contributed by atoms with van der Waals surface area (Å²) in [4.78, 5) is 11.5.